The van der Waals surface area contributed by atoms with E-state index in [1.54, 1.807) is 0 Å². The van der Waals surface area contributed by atoms with Crippen LogP contribution in [0.5, 0.6) is 0 Å². The lowest BCUT2D eigenvalue weighted by Crippen LogP contribution is -2.25. The van der Waals surface area contributed by atoms with Crippen LogP contribution < -0.4 is 5.32 Å². The average molecular weight is 296 g/mol. The maximum Gasteiger partial charge on any atom is 0.113 e. The SMILES string of the molecule is CCNC(C1=CCCCO1)c1cccc(Br)c1. The van der Waals surface area contributed by atoms with Crippen LogP contribution >= 0.6 is 15.9 Å². The predicted molar refractivity (Wildman–Crippen MR) is 73.8 cm³/mol. The summed E-state index contributed by atoms with van der Waals surface area (Å²) in [4.78, 5) is 0. The molecule has 92 valence electrons. The first-order valence-corrected chi connectivity index (χ1v) is 6.92. The Hall–Kier alpha value is -0.800. The molecule has 2 rings (SSSR count). The van der Waals surface area contributed by atoms with Crippen molar-refractivity contribution in [2.75, 3.05) is 13.2 Å². The van der Waals surface area contributed by atoms with Gasteiger partial charge in [-0.1, -0.05) is 35.0 Å². The van der Waals surface area contributed by atoms with Crippen molar-refractivity contribution in [3.8, 4) is 0 Å². The van der Waals surface area contributed by atoms with Crippen LogP contribution in [0.1, 0.15) is 31.4 Å². The fourth-order valence-electron chi connectivity index (χ4n) is 2.05. The van der Waals surface area contributed by atoms with E-state index in [2.05, 4.69) is 52.4 Å². The van der Waals surface area contributed by atoms with Crippen LogP contribution in [-0.2, 0) is 4.74 Å². The third kappa shape index (κ3) is 3.33. The highest BCUT2D eigenvalue weighted by Crippen LogP contribution is 2.27. The van der Waals surface area contributed by atoms with Gasteiger partial charge in [-0.05, 0) is 43.2 Å². The van der Waals surface area contributed by atoms with Crippen molar-refractivity contribution in [1.29, 1.82) is 0 Å². The molecule has 0 saturated carbocycles. The molecule has 0 radical (unpaired) electrons. The molecule has 1 aromatic rings. The lowest BCUT2D eigenvalue weighted by molar-refractivity contribution is 0.168. The summed E-state index contributed by atoms with van der Waals surface area (Å²) in [5.74, 6) is 1.07. The highest BCUT2D eigenvalue weighted by atomic mass is 79.9. The maximum absolute atomic E-state index is 5.77. The second kappa shape index (κ2) is 6.22. The summed E-state index contributed by atoms with van der Waals surface area (Å²) in [6.07, 6.45) is 4.45. The summed E-state index contributed by atoms with van der Waals surface area (Å²) in [7, 11) is 0. The number of ether oxygens (including phenoxy) is 1. The molecule has 1 unspecified atom stereocenters. The van der Waals surface area contributed by atoms with E-state index in [1.807, 2.05) is 6.07 Å². The summed E-state index contributed by atoms with van der Waals surface area (Å²) in [6, 6.07) is 8.57. The van der Waals surface area contributed by atoms with Crippen molar-refractivity contribution >= 4 is 15.9 Å². The van der Waals surface area contributed by atoms with Crippen molar-refractivity contribution in [2.24, 2.45) is 0 Å². The fourth-order valence-corrected chi connectivity index (χ4v) is 2.47. The summed E-state index contributed by atoms with van der Waals surface area (Å²) >= 11 is 3.52. The second-order valence-corrected chi connectivity index (χ2v) is 5.06. The number of hydrogen-bond donors (Lipinski definition) is 1. The second-order valence-electron chi connectivity index (χ2n) is 4.14. The topological polar surface area (TPSA) is 21.3 Å². The predicted octanol–water partition coefficient (Wildman–Crippen LogP) is 3.79. The molecular formula is C14H18BrNO. The van der Waals surface area contributed by atoms with Crippen molar-refractivity contribution < 1.29 is 4.74 Å². The zero-order chi connectivity index (χ0) is 12.1. The van der Waals surface area contributed by atoms with Crippen LogP contribution in [0, 0.1) is 0 Å². The Kier molecular flexibility index (Phi) is 4.63. The van der Waals surface area contributed by atoms with Crippen LogP contribution in [0.2, 0.25) is 0 Å². The molecule has 0 aliphatic carbocycles. The number of hydrogen-bond acceptors (Lipinski definition) is 2. The van der Waals surface area contributed by atoms with Gasteiger partial charge in [0.1, 0.15) is 5.76 Å². The first-order valence-electron chi connectivity index (χ1n) is 6.13. The van der Waals surface area contributed by atoms with E-state index in [-0.39, 0.29) is 6.04 Å². The standard InChI is InChI=1S/C14H18BrNO/c1-2-16-14(13-8-3-4-9-17-13)11-6-5-7-12(15)10-11/h5-8,10,14,16H,2-4,9H2,1H3. The summed E-state index contributed by atoms with van der Waals surface area (Å²) in [5, 5.41) is 3.48. The Labute approximate surface area is 111 Å². The van der Waals surface area contributed by atoms with Gasteiger partial charge in [0.25, 0.3) is 0 Å². The highest BCUT2D eigenvalue weighted by molar-refractivity contribution is 9.10. The summed E-state index contributed by atoms with van der Waals surface area (Å²) < 4.78 is 6.88. The van der Waals surface area contributed by atoms with Gasteiger partial charge in [-0.25, -0.2) is 0 Å². The maximum atomic E-state index is 5.77. The minimum atomic E-state index is 0.179. The van der Waals surface area contributed by atoms with Crippen molar-refractivity contribution in [1.82, 2.24) is 5.32 Å². The number of nitrogens with one attached hydrogen (secondary N) is 1. The Morgan fingerprint density at radius 3 is 3.00 bits per heavy atom. The first kappa shape index (κ1) is 12.7. The van der Waals surface area contributed by atoms with Crippen molar-refractivity contribution in [2.45, 2.75) is 25.8 Å². The van der Waals surface area contributed by atoms with Crippen LogP contribution in [0.15, 0.2) is 40.6 Å². The number of benzene rings is 1. The minimum absolute atomic E-state index is 0.179. The zero-order valence-electron chi connectivity index (χ0n) is 10.1. The molecule has 1 atom stereocenters. The first-order chi connectivity index (χ1) is 8.31. The summed E-state index contributed by atoms with van der Waals surface area (Å²) in [6.45, 7) is 3.88. The largest absolute Gasteiger partial charge is 0.496 e. The van der Waals surface area contributed by atoms with Crippen molar-refractivity contribution in [3.05, 3.63) is 46.1 Å². The Morgan fingerprint density at radius 1 is 1.47 bits per heavy atom. The van der Waals surface area contributed by atoms with Gasteiger partial charge in [-0.3, -0.25) is 0 Å². The number of rotatable bonds is 4. The molecule has 1 N–H and O–H groups in total. The smallest absolute Gasteiger partial charge is 0.113 e. The Balaban J connectivity index is 2.24. The highest BCUT2D eigenvalue weighted by Gasteiger charge is 2.18. The lowest BCUT2D eigenvalue weighted by Gasteiger charge is -2.25. The van der Waals surface area contributed by atoms with Gasteiger partial charge in [-0.15, -0.1) is 0 Å². The number of halogens is 1. The molecule has 2 nitrogen and oxygen atoms in total. The van der Waals surface area contributed by atoms with Gasteiger partial charge in [0.2, 0.25) is 0 Å². The molecule has 0 bridgehead atoms. The van der Waals surface area contributed by atoms with E-state index in [0.29, 0.717) is 0 Å². The molecule has 1 aliphatic rings. The molecule has 17 heavy (non-hydrogen) atoms. The van der Waals surface area contributed by atoms with E-state index < -0.39 is 0 Å². The molecule has 1 heterocycles. The van der Waals surface area contributed by atoms with Gasteiger partial charge in [0, 0.05) is 4.47 Å². The monoisotopic (exact) mass is 295 g/mol. The van der Waals surface area contributed by atoms with E-state index in [9.17, 15) is 0 Å². The van der Waals surface area contributed by atoms with E-state index in [1.165, 1.54) is 5.56 Å². The normalized spacial score (nSPS) is 17.2. The fraction of sp³-hybridized carbons (Fsp3) is 0.429. The lowest BCUT2D eigenvalue weighted by atomic mass is 10.0. The number of allylic oxidation sites excluding steroid dienone is 1. The molecule has 0 spiro atoms. The van der Waals surface area contributed by atoms with E-state index >= 15 is 0 Å². The van der Waals surface area contributed by atoms with E-state index in [0.717, 1.165) is 36.2 Å². The third-order valence-corrected chi connectivity index (χ3v) is 3.33. The molecule has 0 amide bonds. The van der Waals surface area contributed by atoms with Gasteiger partial charge in [0.05, 0.1) is 12.6 Å². The summed E-state index contributed by atoms with van der Waals surface area (Å²) in [5.41, 5.74) is 1.24. The van der Waals surface area contributed by atoms with Gasteiger partial charge in [0.15, 0.2) is 0 Å². The zero-order valence-corrected chi connectivity index (χ0v) is 11.7. The van der Waals surface area contributed by atoms with Gasteiger partial charge in [-0.2, -0.15) is 0 Å². The molecule has 1 aliphatic heterocycles. The Morgan fingerprint density at radius 2 is 2.35 bits per heavy atom. The molecule has 3 heteroatoms. The van der Waals surface area contributed by atoms with Gasteiger partial charge < -0.3 is 10.1 Å². The quantitative estimate of drug-likeness (QED) is 0.912. The molecule has 1 aromatic carbocycles. The average Bonchev–Trinajstić information content (AvgIpc) is 2.37. The minimum Gasteiger partial charge on any atom is -0.496 e. The molecule has 0 saturated heterocycles. The molecule has 0 fully saturated rings. The van der Waals surface area contributed by atoms with Crippen molar-refractivity contribution in [3.63, 3.8) is 0 Å². The number of likely N-dealkylation sites (N-methyl/N-ethyl adjacent to an activating group) is 1. The van der Waals surface area contributed by atoms with Crippen LogP contribution in [0.3, 0.4) is 0 Å². The van der Waals surface area contributed by atoms with E-state index in [4.69, 9.17) is 4.74 Å². The molecular weight excluding hydrogens is 278 g/mol. The Bertz CT molecular complexity index is 403. The van der Waals surface area contributed by atoms with Crippen LogP contribution in [-0.4, -0.2) is 13.2 Å². The van der Waals surface area contributed by atoms with Gasteiger partial charge >= 0.3 is 0 Å². The van der Waals surface area contributed by atoms with Crippen LogP contribution in [0.4, 0.5) is 0 Å². The van der Waals surface area contributed by atoms with Crippen LogP contribution in [0.25, 0.3) is 0 Å². The molecule has 0 aromatic heterocycles. The third-order valence-electron chi connectivity index (χ3n) is 2.84.